The van der Waals surface area contributed by atoms with Crippen LogP contribution in [0.2, 0.25) is 0 Å². The number of carboxylic acid groups (broad SMARTS) is 1. The molecule has 0 aliphatic carbocycles. The van der Waals surface area contributed by atoms with Crippen molar-refractivity contribution in [3.05, 3.63) is 0 Å². The summed E-state index contributed by atoms with van der Waals surface area (Å²) in [4.78, 5) is 16.3. The van der Waals surface area contributed by atoms with E-state index in [-0.39, 0.29) is 0 Å². The summed E-state index contributed by atoms with van der Waals surface area (Å²) in [6, 6.07) is 0.563. The van der Waals surface area contributed by atoms with Crippen LogP contribution in [0.3, 0.4) is 0 Å². The molecule has 118 valence electrons. The number of nitrogens with one attached hydrogen (secondary N) is 1. The number of nitrogens with zero attached hydrogens (tertiary/aromatic N) is 2. The Bertz CT molecular complexity index is 311. The van der Waals surface area contributed by atoms with E-state index in [9.17, 15) is 9.90 Å². The maximum Gasteiger partial charge on any atom is 0.323 e. The Morgan fingerprint density at radius 3 is 2.70 bits per heavy atom. The van der Waals surface area contributed by atoms with Crippen LogP contribution in [0.5, 0.6) is 0 Å². The van der Waals surface area contributed by atoms with Crippen molar-refractivity contribution >= 4 is 5.97 Å². The topological polar surface area (TPSA) is 55.8 Å². The van der Waals surface area contributed by atoms with Gasteiger partial charge in [0.15, 0.2) is 0 Å². The van der Waals surface area contributed by atoms with E-state index >= 15 is 0 Å². The predicted molar refractivity (Wildman–Crippen MR) is 82.1 cm³/mol. The van der Waals surface area contributed by atoms with E-state index < -0.39 is 11.5 Å². The molecule has 2 N–H and O–H groups in total. The van der Waals surface area contributed by atoms with E-state index in [1.165, 1.54) is 0 Å². The highest BCUT2D eigenvalue weighted by atomic mass is 16.4. The molecular weight excluding hydrogens is 254 g/mol. The van der Waals surface area contributed by atoms with Crippen LogP contribution in [0.15, 0.2) is 0 Å². The third-order valence-electron chi connectivity index (χ3n) is 4.33. The third kappa shape index (κ3) is 5.04. The lowest BCUT2D eigenvalue weighted by Gasteiger charge is -2.38. The summed E-state index contributed by atoms with van der Waals surface area (Å²) < 4.78 is 0. The van der Waals surface area contributed by atoms with Crippen molar-refractivity contribution in [1.82, 2.24) is 15.1 Å². The summed E-state index contributed by atoms with van der Waals surface area (Å²) in [6.07, 6.45) is 2.56. The zero-order valence-electron chi connectivity index (χ0n) is 13.5. The molecule has 1 saturated heterocycles. The molecule has 1 fully saturated rings. The van der Waals surface area contributed by atoms with Gasteiger partial charge in [-0.25, -0.2) is 0 Å². The van der Waals surface area contributed by atoms with Crippen molar-refractivity contribution in [2.75, 3.05) is 39.8 Å². The molecule has 0 aromatic heterocycles. The van der Waals surface area contributed by atoms with Crippen LogP contribution in [-0.4, -0.2) is 72.2 Å². The summed E-state index contributed by atoms with van der Waals surface area (Å²) in [6.45, 7) is 11.2. The summed E-state index contributed by atoms with van der Waals surface area (Å²) in [5, 5.41) is 12.6. The molecule has 0 aromatic carbocycles. The lowest BCUT2D eigenvalue weighted by molar-refractivity contribution is -0.144. The molecule has 5 nitrogen and oxygen atoms in total. The number of carbonyl (C=O) groups is 1. The molecule has 0 radical (unpaired) electrons. The number of rotatable bonds is 8. The highest BCUT2D eigenvalue weighted by Crippen LogP contribution is 2.15. The Kier molecular flexibility index (Phi) is 6.92. The SMILES string of the molecule is CCCNC(C)(CCCN1CCN(C)CC1C)C(=O)O. The van der Waals surface area contributed by atoms with Gasteiger partial charge in [0.25, 0.3) is 0 Å². The first-order chi connectivity index (χ1) is 9.39. The second kappa shape index (κ2) is 7.96. The minimum absolute atomic E-state index is 0.563. The number of piperazine rings is 1. The molecule has 0 amide bonds. The molecule has 1 aliphatic heterocycles. The van der Waals surface area contributed by atoms with E-state index in [4.69, 9.17) is 0 Å². The summed E-state index contributed by atoms with van der Waals surface area (Å²) >= 11 is 0. The smallest absolute Gasteiger partial charge is 0.323 e. The van der Waals surface area contributed by atoms with Gasteiger partial charge >= 0.3 is 5.97 Å². The quantitative estimate of drug-likeness (QED) is 0.703. The molecular formula is C15H31N3O2. The molecule has 2 atom stereocenters. The van der Waals surface area contributed by atoms with Gasteiger partial charge < -0.3 is 15.3 Å². The Balaban J connectivity index is 2.38. The zero-order chi connectivity index (χ0) is 15.2. The Morgan fingerprint density at radius 1 is 1.45 bits per heavy atom. The second-order valence-electron chi connectivity index (χ2n) is 6.31. The van der Waals surface area contributed by atoms with Gasteiger partial charge in [0, 0.05) is 25.7 Å². The molecule has 1 rings (SSSR count). The summed E-state index contributed by atoms with van der Waals surface area (Å²) in [5.74, 6) is -0.739. The highest BCUT2D eigenvalue weighted by molar-refractivity contribution is 5.78. The first kappa shape index (κ1) is 17.4. The van der Waals surface area contributed by atoms with Crippen molar-refractivity contribution in [3.8, 4) is 0 Å². The molecule has 0 bridgehead atoms. The highest BCUT2D eigenvalue weighted by Gasteiger charge is 2.32. The molecule has 0 spiro atoms. The van der Waals surface area contributed by atoms with Crippen LogP contribution < -0.4 is 5.32 Å². The first-order valence-electron chi connectivity index (χ1n) is 7.80. The van der Waals surface area contributed by atoms with Crippen molar-refractivity contribution < 1.29 is 9.90 Å². The fraction of sp³-hybridized carbons (Fsp3) is 0.933. The lowest BCUT2D eigenvalue weighted by atomic mass is 9.95. The molecule has 5 heteroatoms. The Labute approximate surface area is 123 Å². The number of hydrogen-bond donors (Lipinski definition) is 2. The van der Waals surface area contributed by atoms with Gasteiger partial charge in [-0.2, -0.15) is 0 Å². The van der Waals surface area contributed by atoms with Crippen LogP contribution in [0.1, 0.15) is 40.0 Å². The molecule has 1 heterocycles. The van der Waals surface area contributed by atoms with Crippen LogP contribution >= 0.6 is 0 Å². The lowest BCUT2D eigenvalue weighted by Crippen LogP contribution is -2.52. The Morgan fingerprint density at radius 2 is 2.15 bits per heavy atom. The summed E-state index contributed by atoms with van der Waals surface area (Å²) in [7, 11) is 2.16. The van der Waals surface area contributed by atoms with Gasteiger partial charge in [0.05, 0.1) is 0 Å². The fourth-order valence-corrected chi connectivity index (χ4v) is 2.82. The predicted octanol–water partition coefficient (Wildman–Crippen LogP) is 1.25. The van der Waals surface area contributed by atoms with Crippen LogP contribution in [0.25, 0.3) is 0 Å². The number of carboxylic acids is 1. The molecule has 2 unspecified atom stereocenters. The average molecular weight is 285 g/mol. The zero-order valence-corrected chi connectivity index (χ0v) is 13.5. The normalized spacial score (nSPS) is 24.5. The van der Waals surface area contributed by atoms with Gasteiger partial charge in [-0.15, -0.1) is 0 Å². The number of likely N-dealkylation sites (N-methyl/N-ethyl adjacent to an activating group) is 1. The second-order valence-corrected chi connectivity index (χ2v) is 6.31. The largest absolute Gasteiger partial charge is 0.480 e. The Hall–Kier alpha value is -0.650. The summed E-state index contributed by atoms with van der Waals surface area (Å²) in [5.41, 5.74) is -0.786. The van der Waals surface area contributed by atoms with E-state index in [2.05, 4.69) is 36.0 Å². The maximum atomic E-state index is 11.4. The first-order valence-corrected chi connectivity index (χ1v) is 7.80. The van der Waals surface area contributed by atoms with Crippen LogP contribution in [-0.2, 0) is 4.79 Å². The molecule has 20 heavy (non-hydrogen) atoms. The van der Waals surface area contributed by atoms with Crippen LogP contribution in [0.4, 0.5) is 0 Å². The molecule has 0 saturated carbocycles. The monoisotopic (exact) mass is 285 g/mol. The van der Waals surface area contributed by atoms with Crippen molar-refractivity contribution in [3.63, 3.8) is 0 Å². The van der Waals surface area contributed by atoms with Gasteiger partial charge in [-0.05, 0) is 53.2 Å². The van der Waals surface area contributed by atoms with E-state index in [1.54, 1.807) is 6.92 Å². The fourth-order valence-electron chi connectivity index (χ4n) is 2.82. The van der Waals surface area contributed by atoms with E-state index in [1.807, 2.05) is 0 Å². The van der Waals surface area contributed by atoms with Gasteiger partial charge in [0.1, 0.15) is 5.54 Å². The minimum atomic E-state index is -0.786. The van der Waals surface area contributed by atoms with Crippen molar-refractivity contribution in [2.24, 2.45) is 0 Å². The van der Waals surface area contributed by atoms with Gasteiger partial charge in [0.2, 0.25) is 0 Å². The molecule has 0 aromatic rings. The van der Waals surface area contributed by atoms with Crippen LogP contribution in [0, 0.1) is 0 Å². The van der Waals surface area contributed by atoms with E-state index in [0.29, 0.717) is 12.5 Å². The van der Waals surface area contributed by atoms with Crippen molar-refractivity contribution in [1.29, 1.82) is 0 Å². The maximum absolute atomic E-state index is 11.4. The van der Waals surface area contributed by atoms with Gasteiger partial charge in [-0.3, -0.25) is 9.69 Å². The van der Waals surface area contributed by atoms with Crippen molar-refractivity contribution in [2.45, 2.75) is 51.6 Å². The van der Waals surface area contributed by atoms with Gasteiger partial charge in [-0.1, -0.05) is 6.92 Å². The average Bonchev–Trinajstić information content (AvgIpc) is 2.38. The third-order valence-corrected chi connectivity index (χ3v) is 4.33. The minimum Gasteiger partial charge on any atom is -0.480 e. The standard InChI is InChI=1S/C15H31N3O2/c1-5-8-16-15(3,14(19)20)7-6-9-18-11-10-17(4)12-13(18)2/h13,16H,5-12H2,1-4H3,(H,19,20). The van der Waals surface area contributed by atoms with E-state index in [0.717, 1.165) is 45.6 Å². The molecule has 1 aliphatic rings. The number of aliphatic carboxylic acids is 1. The number of hydrogen-bond acceptors (Lipinski definition) is 4.